The Labute approximate surface area is 116 Å². The van der Waals surface area contributed by atoms with Gasteiger partial charge >= 0.3 is 5.51 Å². The second kappa shape index (κ2) is 6.54. The molecule has 0 unspecified atom stereocenters. The van der Waals surface area contributed by atoms with Gasteiger partial charge in [0.25, 0.3) is 5.91 Å². The summed E-state index contributed by atoms with van der Waals surface area (Å²) in [5.41, 5.74) is -4.15. The van der Waals surface area contributed by atoms with Gasteiger partial charge in [-0.15, -0.1) is 0 Å². The van der Waals surface area contributed by atoms with Gasteiger partial charge in [-0.25, -0.2) is 0 Å². The fourth-order valence-electron chi connectivity index (χ4n) is 1.11. The fourth-order valence-corrected chi connectivity index (χ4v) is 1.93. The van der Waals surface area contributed by atoms with E-state index in [0.717, 1.165) is 0 Å². The van der Waals surface area contributed by atoms with E-state index in [4.69, 9.17) is 23.2 Å². The highest BCUT2D eigenvalue weighted by Gasteiger charge is 2.27. The zero-order chi connectivity index (χ0) is 13.8. The molecule has 0 aliphatic carbocycles. The number of halogens is 5. The predicted octanol–water partition coefficient (Wildman–Crippen LogP) is 3.98. The lowest BCUT2D eigenvalue weighted by molar-refractivity contribution is -0.0327. The summed E-state index contributed by atoms with van der Waals surface area (Å²) in [7, 11) is 0. The van der Waals surface area contributed by atoms with Gasteiger partial charge in [0.05, 0.1) is 15.6 Å². The third kappa shape index (κ3) is 4.96. The topological polar surface area (TPSA) is 29.1 Å². The average Bonchev–Trinajstić information content (AvgIpc) is 2.26. The van der Waals surface area contributed by atoms with E-state index in [1.54, 1.807) is 0 Å². The summed E-state index contributed by atoms with van der Waals surface area (Å²) in [4.78, 5) is 11.6. The van der Waals surface area contributed by atoms with Crippen LogP contribution in [0.25, 0.3) is 0 Å². The van der Waals surface area contributed by atoms with Gasteiger partial charge in [0.2, 0.25) is 0 Å². The molecule has 0 fully saturated rings. The van der Waals surface area contributed by atoms with Crippen molar-refractivity contribution in [2.45, 2.75) is 5.51 Å². The van der Waals surface area contributed by atoms with E-state index < -0.39 is 11.4 Å². The van der Waals surface area contributed by atoms with Crippen molar-refractivity contribution in [2.24, 2.45) is 0 Å². The summed E-state index contributed by atoms with van der Waals surface area (Å²) in [6.45, 7) is -0.105. The molecule has 0 aliphatic rings. The van der Waals surface area contributed by atoms with Crippen molar-refractivity contribution in [3.8, 4) is 0 Å². The highest BCUT2D eigenvalue weighted by Crippen LogP contribution is 2.29. The molecule has 2 nitrogen and oxygen atoms in total. The molecule has 0 heterocycles. The summed E-state index contributed by atoms with van der Waals surface area (Å²) in [6.07, 6.45) is 0. The molecule has 1 amide bonds. The van der Waals surface area contributed by atoms with Crippen LogP contribution in [0.2, 0.25) is 10.0 Å². The van der Waals surface area contributed by atoms with Gasteiger partial charge in [-0.3, -0.25) is 4.79 Å². The number of hydrogen-bond donors (Lipinski definition) is 1. The lowest BCUT2D eigenvalue weighted by atomic mass is 10.2. The SMILES string of the molecule is O=C(NCCSC(F)(F)F)c1cccc(Cl)c1Cl. The first-order valence-corrected chi connectivity index (χ1v) is 6.48. The van der Waals surface area contributed by atoms with Crippen LogP contribution in [-0.2, 0) is 0 Å². The van der Waals surface area contributed by atoms with Gasteiger partial charge in [0.1, 0.15) is 0 Å². The average molecular weight is 318 g/mol. The normalized spacial score (nSPS) is 11.4. The maximum Gasteiger partial charge on any atom is 0.441 e. The van der Waals surface area contributed by atoms with E-state index >= 15 is 0 Å². The van der Waals surface area contributed by atoms with Gasteiger partial charge < -0.3 is 5.32 Å². The second-order valence-electron chi connectivity index (χ2n) is 3.15. The van der Waals surface area contributed by atoms with Gasteiger partial charge in [0.15, 0.2) is 0 Å². The minimum atomic E-state index is -4.29. The second-order valence-corrected chi connectivity index (χ2v) is 5.10. The van der Waals surface area contributed by atoms with Crippen molar-refractivity contribution in [1.82, 2.24) is 5.32 Å². The first-order valence-electron chi connectivity index (χ1n) is 4.74. The molecule has 18 heavy (non-hydrogen) atoms. The fraction of sp³-hybridized carbons (Fsp3) is 0.300. The Morgan fingerprint density at radius 2 is 2.00 bits per heavy atom. The molecule has 0 saturated heterocycles. The molecule has 0 radical (unpaired) electrons. The van der Waals surface area contributed by atoms with Crippen molar-refractivity contribution in [2.75, 3.05) is 12.3 Å². The minimum absolute atomic E-state index is 0.0835. The van der Waals surface area contributed by atoms with E-state index in [0.29, 0.717) is 0 Å². The molecule has 0 aromatic heterocycles. The number of nitrogens with one attached hydrogen (secondary N) is 1. The lowest BCUT2D eigenvalue weighted by Crippen LogP contribution is -2.26. The smallest absolute Gasteiger partial charge is 0.351 e. The maximum absolute atomic E-state index is 11.8. The molecular formula is C10H8Cl2F3NOS. The number of benzene rings is 1. The summed E-state index contributed by atoms with van der Waals surface area (Å²) in [6, 6.07) is 4.49. The Morgan fingerprint density at radius 3 is 2.61 bits per heavy atom. The van der Waals surface area contributed by atoms with Crippen molar-refractivity contribution < 1.29 is 18.0 Å². The van der Waals surface area contributed by atoms with Crippen LogP contribution in [-0.4, -0.2) is 23.7 Å². The standard InChI is InChI=1S/C10H8Cl2F3NOS/c11-7-3-1-2-6(8(7)12)9(17)16-4-5-18-10(13,14)15/h1-3H,4-5H2,(H,16,17). The number of hydrogen-bond acceptors (Lipinski definition) is 2. The Morgan fingerprint density at radius 1 is 1.33 bits per heavy atom. The Kier molecular flexibility index (Phi) is 5.62. The Bertz CT molecular complexity index is 440. The molecule has 100 valence electrons. The van der Waals surface area contributed by atoms with Crippen LogP contribution < -0.4 is 5.32 Å². The molecule has 0 atom stereocenters. The third-order valence-corrected chi connectivity index (χ3v) is 3.40. The zero-order valence-corrected chi connectivity index (χ0v) is 11.2. The van der Waals surface area contributed by atoms with Crippen molar-refractivity contribution in [1.29, 1.82) is 0 Å². The van der Waals surface area contributed by atoms with Crippen LogP contribution >= 0.6 is 35.0 Å². The molecule has 0 spiro atoms. The molecule has 0 bridgehead atoms. The quantitative estimate of drug-likeness (QED) is 0.851. The highest BCUT2D eigenvalue weighted by atomic mass is 35.5. The summed E-state index contributed by atoms with van der Waals surface area (Å²) >= 11 is 11.3. The minimum Gasteiger partial charge on any atom is -0.351 e. The number of thioether (sulfide) groups is 1. The van der Waals surface area contributed by atoms with Gasteiger partial charge in [0, 0.05) is 12.3 Å². The van der Waals surface area contributed by atoms with E-state index in [-0.39, 0.29) is 39.7 Å². The predicted molar refractivity (Wildman–Crippen MR) is 67.3 cm³/mol. The zero-order valence-electron chi connectivity index (χ0n) is 8.85. The number of carbonyl (C=O) groups is 1. The maximum atomic E-state index is 11.8. The molecule has 1 aromatic carbocycles. The van der Waals surface area contributed by atoms with Crippen LogP contribution in [0.4, 0.5) is 13.2 Å². The third-order valence-electron chi connectivity index (χ3n) is 1.85. The van der Waals surface area contributed by atoms with Crippen LogP contribution in [0.5, 0.6) is 0 Å². The summed E-state index contributed by atoms with van der Waals surface area (Å²) < 4.78 is 35.5. The van der Waals surface area contributed by atoms with Crippen molar-refractivity contribution >= 4 is 40.9 Å². The van der Waals surface area contributed by atoms with Crippen LogP contribution in [0.3, 0.4) is 0 Å². The number of rotatable bonds is 4. The number of amides is 1. The monoisotopic (exact) mass is 317 g/mol. The first-order chi connectivity index (χ1) is 8.31. The lowest BCUT2D eigenvalue weighted by Gasteiger charge is -2.08. The molecular weight excluding hydrogens is 310 g/mol. The van der Waals surface area contributed by atoms with Crippen LogP contribution in [0.15, 0.2) is 18.2 Å². The number of carbonyl (C=O) groups excluding carboxylic acids is 1. The van der Waals surface area contributed by atoms with E-state index in [1.165, 1.54) is 18.2 Å². The van der Waals surface area contributed by atoms with Gasteiger partial charge in [-0.2, -0.15) is 13.2 Å². The van der Waals surface area contributed by atoms with E-state index in [2.05, 4.69) is 5.32 Å². The molecule has 0 saturated carbocycles. The Hall–Kier alpha value is -0.590. The van der Waals surface area contributed by atoms with Crippen LogP contribution in [0.1, 0.15) is 10.4 Å². The molecule has 0 aliphatic heterocycles. The summed E-state index contributed by atoms with van der Waals surface area (Å²) in [5.74, 6) is -0.807. The highest BCUT2D eigenvalue weighted by molar-refractivity contribution is 8.00. The van der Waals surface area contributed by atoms with Crippen LogP contribution in [0, 0.1) is 0 Å². The first kappa shape index (κ1) is 15.5. The summed E-state index contributed by atoms with van der Waals surface area (Å²) in [5, 5.41) is 2.64. The number of alkyl halides is 3. The van der Waals surface area contributed by atoms with Crippen molar-refractivity contribution in [3.63, 3.8) is 0 Å². The molecule has 8 heteroatoms. The van der Waals surface area contributed by atoms with Crippen molar-refractivity contribution in [3.05, 3.63) is 33.8 Å². The molecule has 1 N–H and O–H groups in total. The Balaban J connectivity index is 2.49. The molecule has 1 rings (SSSR count). The molecule has 1 aromatic rings. The van der Waals surface area contributed by atoms with E-state index in [9.17, 15) is 18.0 Å². The van der Waals surface area contributed by atoms with Gasteiger partial charge in [-0.1, -0.05) is 29.3 Å². The van der Waals surface area contributed by atoms with E-state index in [1.807, 2.05) is 0 Å². The van der Waals surface area contributed by atoms with Gasteiger partial charge in [-0.05, 0) is 23.9 Å². The largest absolute Gasteiger partial charge is 0.441 e.